The maximum Gasteiger partial charge on any atom is 0.317 e. The monoisotopic (exact) mass is 239 g/mol. The molecule has 0 aliphatic carbocycles. The van der Waals surface area contributed by atoms with Gasteiger partial charge in [0, 0.05) is 32.7 Å². The molecule has 0 rings (SSSR count). The van der Waals surface area contributed by atoms with E-state index in [0.717, 1.165) is 0 Å². The Morgan fingerprint density at radius 2 is 1.91 bits per heavy atom. The van der Waals surface area contributed by atoms with Crippen LogP contribution in [0.2, 0.25) is 0 Å². The smallest absolute Gasteiger partial charge is 0.317 e. The first-order chi connectivity index (χ1) is 4.16. The third-order valence-corrected chi connectivity index (χ3v) is 0.601. The maximum atomic E-state index is 10.3. The van der Waals surface area contributed by atoms with Crippen LogP contribution in [0.5, 0.6) is 0 Å². The van der Waals surface area contributed by atoms with Gasteiger partial charge in [-0.3, -0.25) is 9.59 Å². The first-order valence-electron chi connectivity index (χ1n) is 2.54. The van der Waals surface area contributed by atoms with Crippen LogP contribution in [-0.4, -0.2) is 29.1 Å². The Balaban J connectivity index is -0.000000320. The standard InChI is InChI=1S/C5H8O4.H2O.Y/c1-2-9-5(8)3-4(6)7;;/h2-3H2,1H3,(H,6,7);1H2;. The van der Waals surface area contributed by atoms with Gasteiger partial charge >= 0.3 is 11.9 Å². The molecule has 11 heavy (non-hydrogen) atoms. The number of carboxylic acid groups (broad SMARTS) is 1. The van der Waals surface area contributed by atoms with E-state index in [1.54, 1.807) is 6.92 Å². The molecule has 3 N–H and O–H groups in total. The molecule has 0 unspecified atom stereocenters. The molecule has 0 aliphatic heterocycles. The van der Waals surface area contributed by atoms with Crippen LogP contribution in [0.4, 0.5) is 0 Å². The SMILES string of the molecule is CCOC(=O)CC(=O)O.O.[Y]. The van der Waals surface area contributed by atoms with Gasteiger partial charge in [0.1, 0.15) is 6.42 Å². The molecule has 0 aromatic carbocycles. The van der Waals surface area contributed by atoms with Gasteiger partial charge in [-0.05, 0) is 6.92 Å². The normalized spacial score (nSPS) is 7.00. The fourth-order valence-electron chi connectivity index (χ4n) is 0.335. The summed E-state index contributed by atoms with van der Waals surface area (Å²) in [5, 5.41) is 8.01. The molecule has 0 aromatic heterocycles. The summed E-state index contributed by atoms with van der Waals surface area (Å²) >= 11 is 0. The number of esters is 1. The molecule has 0 atom stereocenters. The predicted molar refractivity (Wildman–Crippen MR) is 32.5 cm³/mol. The van der Waals surface area contributed by atoms with Crippen molar-refractivity contribution in [2.75, 3.05) is 6.61 Å². The van der Waals surface area contributed by atoms with E-state index in [9.17, 15) is 9.59 Å². The Kier molecular flexibility index (Phi) is 15.6. The molecule has 0 spiro atoms. The zero-order valence-corrected chi connectivity index (χ0v) is 9.00. The van der Waals surface area contributed by atoms with Gasteiger partial charge < -0.3 is 15.3 Å². The van der Waals surface area contributed by atoms with E-state index in [0.29, 0.717) is 0 Å². The summed E-state index contributed by atoms with van der Waals surface area (Å²) in [6.45, 7) is 1.85. The molecule has 0 bridgehead atoms. The third kappa shape index (κ3) is 13.1. The van der Waals surface area contributed by atoms with Crippen molar-refractivity contribution in [2.24, 2.45) is 0 Å². The second kappa shape index (κ2) is 10.0. The molecule has 0 saturated heterocycles. The molecular weight excluding hydrogens is 229 g/mol. The quantitative estimate of drug-likeness (QED) is 0.515. The molecule has 1 radical (unpaired) electrons. The minimum Gasteiger partial charge on any atom is -0.481 e. The van der Waals surface area contributed by atoms with Gasteiger partial charge in [0.05, 0.1) is 6.61 Å². The summed E-state index contributed by atoms with van der Waals surface area (Å²) in [7, 11) is 0. The largest absolute Gasteiger partial charge is 0.481 e. The third-order valence-electron chi connectivity index (χ3n) is 0.601. The van der Waals surface area contributed by atoms with Crippen molar-refractivity contribution < 1.29 is 57.6 Å². The number of carbonyl (C=O) groups excluding carboxylic acids is 1. The van der Waals surface area contributed by atoms with Gasteiger partial charge in [-0.25, -0.2) is 0 Å². The fourth-order valence-corrected chi connectivity index (χ4v) is 0.335. The van der Waals surface area contributed by atoms with Crippen LogP contribution in [-0.2, 0) is 47.0 Å². The Morgan fingerprint density at radius 1 is 1.45 bits per heavy atom. The van der Waals surface area contributed by atoms with E-state index < -0.39 is 18.4 Å². The van der Waals surface area contributed by atoms with Crippen LogP contribution in [0.15, 0.2) is 0 Å². The van der Waals surface area contributed by atoms with Crippen LogP contribution in [0.1, 0.15) is 13.3 Å². The summed E-state index contributed by atoms with van der Waals surface area (Å²) < 4.78 is 4.33. The van der Waals surface area contributed by atoms with E-state index in [-0.39, 0.29) is 44.8 Å². The molecule has 63 valence electrons. The van der Waals surface area contributed by atoms with E-state index in [4.69, 9.17) is 5.11 Å². The van der Waals surface area contributed by atoms with Crippen molar-refractivity contribution in [2.45, 2.75) is 13.3 Å². The van der Waals surface area contributed by atoms with Crippen molar-refractivity contribution >= 4 is 11.9 Å². The maximum absolute atomic E-state index is 10.3. The van der Waals surface area contributed by atoms with E-state index in [1.165, 1.54) is 0 Å². The van der Waals surface area contributed by atoms with Crippen LogP contribution in [0.3, 0.4) is 0 Å². The predicted octanol–water partition coefficient (Wildman–Crippen LogP) is -0.803. The number of rotatable bonds is 3. The molecule has 0 heterocycles. The summed E-state index contributed by atoms with van der Waals surface area (Å²) in [6, 6.07) is 0. The number of ether oxygens (including phenoxy) is 1. The van der Waals surface area contributed by atoms with Crippen LogP contribution in [0.25, 0.3) is 0 Å². The van der Waals surface area contributed by atoms with Crippen molar-refractivity contribution in [1.82, 2.24) is 0 Å². The molecule has 0 aliphatic rings. The van der Waals surface area contributed by atoms with Crippen molar-refractivity contribution in [3.8, 4) is 0 Å². The Labute approximate surface area is 89.3 Å². The Morgan fingerprint density at radius 3 is 2.18 bits per heavy atom. The van der Waals surface area contributed by atoms with Crippen molar-refractivity contribution in [3.63, 3.8) is 0 Å². The van der Waals surface area contributed by atoms with Gasteiger partial charge in [0.2, 0.25) is 0 Å². The van der Waals surface area contributed by atoms with Crippen molar-refractivity contribution in [1.29, 1.82) is 0 Å². The average molecular weight is 239 g/mol. The topological polar surface area (TPSA) is 95.1 Å². The average Bonchev–Trinajstić information content (AvgIpc) is 1.63. The fraction of sp³-hybridized carbons (Fsp3) is 0.600. The number of carboxylic acids is 1. The van der Waals surface area contributed by atoms with Gasteiger partial charge in [-0.2, -0.15) is 0 Å². The number of hydrogen-bond acceptors (Lipinski definition) is 3. The number of aliphatic carboxylic acids is 1. The summed E-state index contributed by atoms with van der Waals surface area (Å²) in [4.78, 5) is 20.0. The van der Waals surface area contributed by atoms with Gasteiger partial charge in [-0.15, -0.1) is 0 Å². The van der Waals surface area contributed by atoms with E-state index in [2.05, 4.69) is 4.74 Å². The molecule has 6 heteroatoms. The molecule has 0 aromatic rings. The number of hydrogen-bond donors (Lipinski definition) is 1. The van der Waals surface area contributed by atoms with Gasteiger partial charge in [-0.1, -0.05) is 0 Å². The Bertz CT molecular complexity index is 124. The molecule has 0 saturated carbocycles. The zero-order chi connectivity index (χ0) is 7.28. The number of carbonyl (C=O) groups is 2. The molecule has 0 amide bonds. The summed E-state index contributed by atoms with van der Waals surface area (Å²) in [5.74, 6) is -1.85. The first kappa shape index (κ1) is 17.2. The van der Waals surface area contributed by atoms with E-state index in [1.807, 2.05) is 0 Å². The molecular formula is C5H10O5Y. The van der Waals surface area contributed by atoms with E-state index >= 15 is 0 Å². The first-order valence-corrected chi connectivity index (χ1v) is 2.54. The van der Waals surface area contributed by atoms with Gasteiger partial charge in [0.25, 0.3) is 0 Å². The second-order valence-corrected chi connectivity index (χ2v) is 1.38. The van der Waals surface area contributed by atoms with Crippen LogP contribution >= 0.6 is 0 Å². The van der Waals surface area contributed by atoms with Crippen molar-refractivity contribution in [3.05, 3.63) is 0 Å². The summed E-state index contributed by atoms with van der Waals surface area (Å²) in [6.07, 6.45) is -0.548. The second-order valence-electron chi connectivity index (χ2n) is 1.38. The molecule has 5 nitrogen and oxygen atoms in total. The van der Waals surface area contributed by atoms with Crippen LogP contribution < -0.4 is 0 Å². The zero-order valence-electron chi connectivity index (χ0n) is 6.16. The summed E-state index contributed by atoms with van der Waals surface area (Å²) in [5.41, 5.74) is 0. The minimum absolute atomic E-state index is 0. The minimum atomic E-state index is -1.16. The Hall–Kier alpha value is 0.00390. The molecule has 0 fully saturated rings. The van der Waals surface area contributed by atoms with Crippen LogP contribution in [0, 0.1) is 0 Å². The van der Waals surface area contributed by atoms with Gasteiger partial charge in [0.15, 0.2) is 0 Å².